The van der Waals surface area contributed by atoms with Gasteiger partial charge in [-0.3, -0.25) is 9.52 Å². The van der Waals surface area contributed by atoms with E-state index in [0.29, 0.717) is 5.69 Å². The van der Waals surface area contributed by atoms with Gasteiger partial charge in [-0.05, 0) is 49.7 Å². The highest BCUT2D eigenvalue weighted by Gasteiger charge is 2.21. The summed E-state index contributed by atoms with van der Waals surface area (Å²) in [5.41, 5.74) is 2.58. The van der Waals surface area contributed by atoms with Crippen LogP contribution >= 0.6 is 11.6 Å². The first-order chi connectivity index (χ1) is 13.8. The first-order valence-electron chi connectivity index (χ1n) is 9.01. The molecule has 0 radical (unpaired) electrons. The molecule has 0 saturated carbocycles. The van der Waals surface area contributed by atoms with Crippen molar-refractivity contribution in [1.82, 2.24) is 5.32 Å². The Kier molecular flexibility index (Phi) is 6.25. The fourth-order valence-corrected chi connectivity index (χ4v) is 4.37. The van der Waals surface area contributed by atoms with Crippen molar-refractivity contribution in [3.8, 4) is 0 Å². The number of hydrogen-bond donors (Lipinski definition) is 2. The largest absolute Gasteiger partial charge is 0.346 e. The molecule has 0 saturated heterocycles. The summed E-state index contributed by atoms with van der Waals surface area (Å²) in [5, 5.41) is 2.91. The zero-order valence-corrected chi connectivity index (χ0v) is 17.6. The highest BCUT2D eigenvalue weighted by Crippen LogP contribution is 2.25. The summed E-state index contributed by atoms with van der Waals surface area (Å²) in [4.78, 5) is 12.5. The van der Waals surface area contributed by atoms with Gasteiger partial charge < -0.3 is 5.32 Å². The van der Waals surface area contributed by atoms with Crippen LogP contribution in [0.25, 0.3) is 0 Å². The van der Waals surface area contributed by atoms with Gasteiger partial charge in [-0.1, -0.05) is 59.6 Å². The second-order valence-electron chi connectivity index (χ2n) is 6.72. The van der Waals surface area contributed by atoms with Gasteiger partial charge in [0.1, 0.15) is 4.90 Å². The number of anilines is 1. The SMILES string of the molecule is Cc1ccc(NS(=O)(=O)c2cc(C(=O)N[C@@H](C)c3ccccc3)ccc2Cl)cc1. The highest BCUT2D eigenvalue weighted by molar-refractivity contribution is 7.92. The second kappa shape index (κ2) is 8.68. The van der Waals surface area contributed by atoms with Gasteiger partial charge in [0.05, 0.1) is 11.1 Å². The van der Waals surface area contributed by atoms with E-state index in [4.69, 9.17) is 11.6 Å². The van der Waals surface area contributed by atoms with Crippen molar-refractivity contribution in [3.63, 3.8) is 0 Å². The summed E-state index contributed by atoms with van der Waals surface area (Å²) in [5.74, 6) is -0.384. The third kappa shape index (κ3) is 5.16. The van der Waals surface area contributed by atoms with Crippen LogP contribution in [0.1, 0.15) is 34.5 Å². The van der Waals surface area contributed by atoms with E-state index in [1.807, 2.05) is 44.2 Å². The van der Waals surface area contributed by atoms with Crippen LogP contribution in [-0.2, 0) is 10.0 Å². The van der Waals surface area contributed by atoms with Gasteiger partial charge in [0.25, 0.3) is 15.9 Å². The zero-order valence-electron chi connectivity index (χ0n) is 16.0. The van der Waals surface area contributed by atoms with E-state index in [1.54, 1.807) is 24.3 Å². The maximum absolute atomic E-state index is 12.8. The summed E-state index contributed by atoms with van der Waals surface area (Å²) in [6.07, 6.45) is 0. The van der Waals surface area contributed by atoms with Crippen molar-refractivity contribution in [3.05, 3.63) is 94.5 Å². The highest BCUT2D eigenvalue weighted by atomic mass is 35.5. The standard InChI is InChI=1S/C22H21ClN2O3S/c1-15-8-11-19(12-9-15)25-29(27,28)21-14-18(10-13-20(21)23)22(26)24-16(2)17-6-4-3-5-7-17/h3-14,16,25H,1-2H3,(H,24,26)/t16-/m0/s1. The molecule has 29 heavy (non-hydrogen) atoms. The van der Waals surface area contributed by atoms with Gasteiger partial charge in [-0.15, -0.1) is 0 Å². The minimum absolute atomic E-state index is 0.0391. The Morgan fingerprint density at radius 2 is 1.62 bits per heavy atom. The second-order valence-corrected chi connectivity index (χ2v) is 8.78. The molecule has 3 aromatic rings. The van der Waals surface area contributed by atoms with E-state index in [0.717, 1.165) is 11.1 Å². The number of rotatable bonds is 6. The summed E-state index contributed by atoms with van der Waals surface area (Å²) in [6, 6.07) is 20.4. The molecular weight excluding hydrogens is 408 g/mol. The fourth-order valence-electron chi connectivity index (χ4n) is 2.79. The van der Waals surface area contributed by atoms with Crippen LogP contribution in [-0.4, -0.2) is 14.3 Å². The van der Waals surface area contributed by atoms with Crippen LogP contribution in [0.3, 0.4) is 0 Å². The maximum Gasteiger partial charge on any atom is 0.263 e. The predicted octanol–water partition coefficient (Wildman–Crippen LogP) is 4.94. The van der Waals surface area contributed by atoms with Gasteiger partial charge in [-0.25, -0.2) is 8.42 Å². The molecular formula is C22H21ClN2O3S. The van der Waals surface area contributed by atoms with Crippen molar-refractivity contribution in [1.29, 1.82) is 0 Å². The summed E-state index contributed by atoms with van der Waals surface area (Å²) < 4.78 is 28.1. The lowest BCUT2D eigenvalue weighted by Gasteiger charge is -2.15. The van der Waals surface area contributed by atoms with Crippen molar-refractivity contribution in [2.45, 2.75) is 24.8 Å². The van der Waals surface area contributed by atoms with Crippen molar-refractivity contribution < 1.29 is 13.2 Å². The van der Waals surface area contributed by atoms with Crippen LogP contribution < -0.4 is 10.0 Å². The first kappa shape index (κ1) is 20.9. The number of benzene rings is 3. The smallest absolute Gasteiger partial charge is 0.263 e. The van der Waals surface area contributed by atoms with Crippen LogP contribution in [0.4, 0.5) is 5.69 Å². The molecule has 5 nitrogen and oxygen atoms in total. The molecule has 1 amide bonds. The minimum atomic E-state index is -3.96. The molecule has 2 N–H and O–H groups in total. The third-order valence-corrected chi connectivity index (χ3v) is 6.30. The molecule has 0 aliphatic carbocycles. The maximum atomic E-state index is 12.8. The predicted molar refractivity (Wildman–Crippen MR) is 116 cm³/mol. The molecule has 0 aliphatic rings. The van der Waals surface area contributed by atoms with Crippen LogP contribution in [0.5, 0.6) is 0 Å². The number of nitrogens with one attached hydrogen (secondary N) is 2. The molecule has 0 heterocycles. The van der Waals surface area contributed by atoms with Crippen molar-refractivity contribution >= 4 is 33.2 Å². The van der Waals surface area contributed by atoms with Gasteiger partial charge in [0, 0.05) is 11.3 Å². The molecule has 0 unspecified atom stereocenters. The molecule has 3 rings (SSSR count). The molecule has 0 bridgehead atoms. The molecule has 150 valence electrons. The van der Waals surface area contributed by atoms with Gasteiger partial charge >= 0.3 is 0 Å². The lowest BCUT2D eigenvalue weighted by molar-refractivity contribution is 0.0939. The summed E-state index contributed by atoms with van der Waals surface area (Å²) >= 11 is 6.13. The molecule has 3 aromatic carbocycles. The van der Waals surface area contributed by atoms with E-state index >= 15 is 0 Å². The lowest BCUT2D eigenvalue weighted by atomic mass is 10.1. The van der Waals surface area contributed by atoms with E-state index in [-0.39, 0.29) is 27.4 Å². The van der Waals surface area contributed by atoms with Gasteiger partial charge in [0.15, 0.2) is 0 Å². The molecule has 7 heteroatoms. The van der Waals surface area contributed by atoms with Gasteiger partial charge in [0.2, 0.25) is 0 Å². The number of hydrogen-bond acceptors (Lipinski definition) is 3. The van der Waals surface area contributed by atoms with E-state index < -0.39 is 10.0 Å². The van der Waals surface area contributed by atoms with Crippen molar-refractivity contribution in [2.75, 3.05) is 4.72 Å². The van der Waals surface area contributed by atoms with Crippen LogP contribution in [0, 0.1) is 6.92 Å². The van der Waals surface area contributed by atoms with Crippen LogP contribution in [0.2, 0.25) is 5.02 Å². The zero-order chi connectivity index (χ0) is 21.0. The lowest BCUT2D eigenvalue weighted by Crippen LogP contribution is -2.27. The van der Waals surface area contributed by atoms with Crippen LogP contribution in [0.15, 0.2) is 77.7 Å². The quantitative estimate of drug-likeness (QED) is 0.583. The Labute approximate surface area is 175 Å². The number of carbonyl (C=O) groups excluding carboxylic acids is 1. The Hall–Kier alpha value is -2.83. The van der Waals surface area contributed by atoms with E-state index in [9.17, 15) is 13.2 Å². The number of amides is 1. The molecule has 1 atom stereocenters. The number of sulfonamides is 1. The minimum Gasteiger partial charge on any atom is -0.346 e. The Balaban J connectivity index is 1.83. The number of carbonyl (C=O) groups is 1. The number of aryl methyl sites for hydroxylation is 1. The Morgan fingerprint density at radius 1 is 0.966 bits per heavy atom. The summed E-state index contributed by atoms with van der Waals surface area (Å²) in [6.45, 7) is 3.77. The van der Waals surface area contributed by atoms with E-state index in [1.165, 1.54) is 18.2 Å². The summed E-state index contributed by atoms with van der Waals surface area (Å²) in [7, 11) is -3.96. The Bertz CT molecular complexity index is 1110. The van der Waals surface area contributed by atoms with E-state index in [2.05, 4.69) is 10.0 Å². The number of halogens is 1. The Morgan fingerprint density at radius 3 is 2.28 bits per heavy atom. The molecule has 0 fully saturated rings. The van der Waals surface area contributed by atoms with Gasteiger partial charge in [-0.2, -0.15) is 0 Å². The normalized spacial score (nSPS) is 12.2. The topological polar surface area (TPSA) is 75.3 Å². The average Bonchev–Trinajstić information content (AvgIpc) is 2.70. The average molecular weight is 429 g/mol. The monoisotopic (exact) mass is 428 g/mol. The molecule has 0 aliphatic heterocycles. The van der Waals surface area contributed by atoms with Crippen molar-refractivity contribution in [2.24, 2.45) is 0 Å². The molecule has 0 spiro atoms. The third-order valence-electron chi connectivity index (χ3n) is 4.43. The first-order valence-corrected chi connectivity index (χ1v) is 10.9. The molecule has 0 aromatic heterocycles. The fraction of sp³-hybridized carbons (Fsp3) is 0.136.